The molecule has 2 fully saturated rings. The van der Waals surface area contributed by atoms with Gasteiger partial charge in [-0.3, -0.25) is 0 Å². The van der Waals surface area contributed by atoms with Gasteiger partial charge in [-0.25, -0.2) is 0 Å². The van der Waals surface area contributed by atoms with Crippen LogP contribution in [0.2, 0.25) is 0 Å². The van der Waals surface area contributed by atoms with Crippen LogP contribution in [0.25, 0.3) is 0 Å². The van der Waals surface area contributed by atoms with Crippen LogP contribution in [0, 0.1) is 5.92 Å². The van der Waals surface area contributed by atoms with Crippen molar-refractivity contribution in [2.24, 2.45) is 17.4 Å². The molecular weight excluding hydrogens is 184 g/mol. The van der Waals surface area contributed by atoms with Gasteiger partial charge < -0.3 is 11.5 Å². The molecular formula is C13H26N2. The van der Waals surface area contributed by atoms with Crippen molar-refractivity contribution in [3.63, 3.8) is 0 Å². The summed E-state index contributed by atoms with van der Waals surface area (Å²) in [4.78, 5) is 0. The zero-order valence-electron chi connectivity index (χ0n) is 9.88. The third-order valence-corrected chi connectivity index (χ3v) is 4.61. The van der Waals surface area contributed by atoms with Crippen molar-refractivity contribution in [1.29, 1.82) is 0 Å². The van der Waals surface area contributed by atoms with E-state index in [9.17, 15) is 0 Å². The third kappa shape index (κ3) is 2.54. The average Bonchev–Trinajstić information content (AvgIpc) is 2.30. The van der Waals surface area contributed by atoms with Gasteiger partial charge in [-0.1, -0.05) is 38.5 Å². The fourth-order valence-corrected chi connectivity index (χ4v) is 3.51. The van der Waals surface area contributed by atoms with Crippen molar-refractivity contribution in [2.45, 2.75) is 75.8 Å². The minimum absolute atomic E-state index is 0.0275. The Labute approximate surface area is 93.8 Å². The van der Waals surface area contributed by atoms with Crippen molar-refractivity contribution in [2.75, 3.05) is 0 Å². The predicted octanol–water partition coefficient (Wildman–Crippen LogP) is 2.56. The van der Waals surface area contributed by atoms with Crippen LogP contribution in [-0.2, 0) is 0 Å². The second-order valence-corrected chi connectivity index (χ2v) is 5.72. The molecule has 2 aliphatic carbocycles. The molecule has 2 rings (SSSR count). The summed E-state index contributed by atoms with van der Waals surface area (Å²) in [7, 11) is 0. The van der Waals surface area contributed by atoms with E-state index in [-0.39, 0.29) is 11.6 Å². The van der Waals surface area contributed by atoms with E-state index in [0.29, 0.717) is 5.92 Å². The fraction of sp³-hybridized carbons (Fsp3) is 1.00. The van der Waals surface area contributed by atoms with Crippen LogP contribution in [-0.4, -0.2) is 11.6 Å². The molecule has 2 nitrogen and oxygen atoms in total. The predicted molar refractivity (Wildman–Crippen MR) is 64.6 cm³/mol. The maximum atomic E-state index is 6.51. The third-order valence-electron chi connectivity index (χ3n) is 4.61. The van der Waals surface area contributed by atoms with Crippen molar-refractivity contribution in [3.8, 4) is 0 Å². The molecule has 2 aliphatic rings. The van der Waals surface area contributed by atoms with Gasteiger partial charge in [0.25, 0.3) is 0 Å². The molecule has 0 amide bonds. The molecule has 0 heterocycles. The van der Waals surface area contributed by atoms with Crippen molar-refractivity contribution in [1.82, 2.24) is 0 Å². The van der Waals surface area contributed by atoms with E-state index in [1.165, 1.54) is 51.4 Å². The fourth-order valence-electron chi connectivity index (χ4n) is 3.51. The summed E-state index contributed by atoms with van der Waals surface area (Å²) < 4.78 is 0. The Morgan fingerprint density at radius 1 is 0.867 bits per heavy atom. The van der Waals surface area contributed by atoms with E-state index in [1.54, 1.807) is 0 Å². The van der Waals surface area contributed by atoms with Crippen LogP contribution in [0.15, 0.2) is 0 Å². The summed E-state index contributed by atoms with van der Waals surface area (Å²) in [5, 5.41) is 0. The van der Waals surface area contributed by atoms with Gasteiger partial charge in [0.1, 0.15) is 0 Å². The van der Waals surface area contributed by atoms with Crippen LogP contribution < -0.4 is 11.5 Å². The summed E-state index contributed by atoms with van der Waals surface area (Å²) in [6.45, 7) is 0. The van der Waals surface area contributed by atoms with Crippen molar-refractivity contribution in [3.05, 3.63) is 0 Å². The molecule has 0 radical (unpaired) electrons. The second-order valence-electron chi connectivity index (χ2n) is 5.72. The van der Waals surface area contributed by atoms with E-state index < -0.39 is 0 Å². The standard InChI is InChI=1S/C13H26N2/c14-12(11-7-3-1-4-8-11)13(15)9-5-2-6-10-13/h11-12H,1-10,14-15H2. The first-order chi connectivity index (χ1) is 7.22. The van der Waals surface area contributed by atoms with Crippen molar-refractivity contribution >= 4 is 0 Å². The lowest BCUT2D eigenvalue weighted by molar-refractivity contribution is 0.170. The van der Waals surface area contributed by atoms with Crippen molar-refractivity contribution < 1.29 is 0 Å². The van der Waals surface area contributed by atoms with Gasteiger partial charge in [-0.2, -0.15) is 0 Å². The quantitative estimate of drug-likeness (QED) is 0.736. The van der Waals surface area contributed by atoms with Gasteiger partial charge in [0, 0.05) is 11.6 Å². The normalized spacial score (nSPS) is 30.0. The Morgan fingerprint density at radius 3 is 2.00 bits per heavy atom. The van der Waals surface area contributed by atoms with Crippen LogP contribution in [0.1, 0.15) is 64.2 Å². The topological polar surface area (TPSA) is 52.0 Å². The average molecular weight is 210 g/mol. The second kappa shape index (κ2) is 4.84. The lowest BCUT2D eigenvalue weighted by Crippen LogP contribution is -2.59. The van der Waals surface area contributed by atoms with Crippen LogP contribution in [0.3, 0.4) is 0 Å². The molecule has 0 aliphatic heterocycles. The maximum absolute atomic E-state index is 6.51. The molecule has 0 aromatic carbocycles. The van der Waals surface area contributed by atoms with Gasteiger partial charge in [0.2, 0.25) is 0 Å². The lowest BCUT2D eigenvalue weighted by Gasteiger charge is -2.43. The molecule has 15 heavy (non-hydrogen) atoms. The van der Waals surface area contributed by atoms with E-state index in [4.69, 9.17) is 11.5 Å². The summed E-state index contributed by atoms with van der Waals surface area (Å²) >= 11 is 0. The Kier molecular flexibility index (Phi) is 3.68. The highest BCUT2D eigenvalue weighted by atomic mass is 14.9. The smallest absolute Gasteiger partial charge is 0.0310 e. The van der Waals surface area contributed by atoms with E-state index in [2.05, 4.69) is 0 Å². The van der Waals surface area contributed by atoms with Gasteiger partial charge >= 0.3 is 0 Å². The monoisotopic (exact) mass is 210 g/mol. The van der Waals surface area contributed by atoms with Crippen LogP contribution in [0.5, 0.6) is 0 Å². The molecule has 2 saturated carbocycles. The number of hydrogen-bond donors (Lipinski definition) is 2. The van der Waals surface area contributed by atoms with E-state index in [1.807, 2.05) is 0 Å². The largest absolute Gasteiger partial charge is 0.326 e. The van der Waals surface area contributed by atoms with E-state index >= 15 is 0 Å². The molecule has 0 aromatic rings. The van der Waals surface area contributed by atoms with Crippen LogP contribution >= 0.6 is 0 Å². The van der Waals surface area contributed by atoms with Gasteiger partial charge in [0.05, 0.1) is 0 Å². The Morgan fingerprint density at radius 2 is 1.40 bits per heavy atom. The first kappa shape index (κ1) is 11.4. The molecule has 0 bridgehead atoms. The minimum Gasteiger partial charge on any atom is -0.326 e. The Bertz CT molecular complexity index is 191. The summed E-state index contributed by atoms with van der Waals surface area (Å²) in [5.74, 6) is 0.710. The molecule has 1 atom stereocenters. The highest BCUT2D eigenvalue weighted by molar-refractivity contribution is 4.99. The first-order valence-electron chi connectivity index (χ1n) is 6.77. The number of rotatable bonds is 2. The number of hydrogen-bond acceptors (Lipinski definition) is 2. The highest BCUT2D eigenvalue weighted by Gasteiger charge is 2.38. The molecule has 0 saturated heterocycles. The zero-order chi connectivity index (χ0) is 10.7. The first-order valence-corrected chi connectivity index (χ1v) is 6.77. The molecule has 88 valence electrons. The van der Waals surface area contributed by atoms with E-state index in [0.717, 1.165) is 12.8 Å². The zero-order valence-corrected chi connectivity index (χ0v) is 9.88. The lowest BCUT2D eigenvalue weighted by atomic mass is 9.70. The molecule has 4 N–H and O–H groups in total. The Hall–Kier alpha value is -0.0800. The van der Waals surface area contributed by atoms with Crippen LogP contribution in [0.4, 0.5) is 0 Å². The minimum atomic E-state index is -0.0275. The Balaban J connectivity index is 1.94. The summed E-state index contributed by atoms with van der Waals surface area (Å²) in [6.07, 6.45) is 13.0. The van der Waals surface area contributed by atoms with Gasteiger partial charge in [-0.05, 0) is 31.6 Å². The van der Waals surface area contributed by atoms with Gasteiger partial charge in [-0.15, -0.1) is 0 Å². The molecule has 2 heteroatoms. The maximum Gasteiger partial charge on any atom is 0.0310 e. The van der Waals surface area contributed by atoms with Gasteiger partial charge in [0.15, 0.2) is 0 Å². The summed E-state index contributed by atoms with van der Waals surface area (Å²) in [5.41, 5.74) is 12.9. The molecule has 0 aromatic heterocycles. The molecule has 1 unspecified atom stereocenters. The number of nitrogens with two attached hydrogens (primary N) is 2. The SMILES string of the molecule is NC(C1CCCCC1)C1(N)CCCCC1. The molecule has 0 spiro atoms. The highest BCUT2D eigenvalue weighted by Crippen LogP contribution is 2.35. The summed E-state index contributed by atoms with van der Waals surface area (Å²) in [6, 6.07) is 0.262.